The molecule has 1 N–H and O–H groups in total. The van der Waals surface area contributed by atoms with Crippen LogP contribution in [0.25, 0.3) is 10.9 Å². The van der Waals surface area contributed by atoms with Crippen LogP contribution in [0.4, 0.5) is 0 Å². The standard InChI is InChI=1S/C25H24ClN3O3/c26-18-7-8-21-17(14-18)15-22(27-21)16-9-12-28(13-10-16)23(30)6-3-11-29-24(31)19-4-1-2-5-20(19)25(29)32/h1-2,4-5,7-8,14-16,27H,3,6,9-13H2. The highest BCUT2D eigenvalue weighted by Gasteiger charge is 2.34. The minimum absolute atomic E-state index is 0.0866. The number of amides is 3. The molecule has 1 saturated heterocycles. The number of carbonyl (C=O) groups is 3. The van der Waals surface area contributed by atoms with Gasteiger partial charge in [-0.25, -0.2) is 0 Å². The lowest BCUT2D eigenvalue weighted by Gasteiger charge is -2.32. The van der Waals surface area contributed by atoms with Crippen molar-refractivity contribution < 1.29 is 14.4 Å². The van der Waals surface area contributed by atoms with Crippen LogP contribution in [0, 0.1) is 0 Å². The van der Waals surface area contributed by atoms with E-state index in [2.05, 4.69) is 11.1 Å². The predicted octanol–water partition coefficient (Wildman–Crippen LogP) is 4.60. The first-order chi connectivity index (χ1) is 15.5. The molecule has 7 heteroatoms. The Labute approximate surface area is 191 Å². The van der Waals surface area contributed by atoms with E-state index < -0.39 is 0 Å². The molecule has 0 saturated carbocycles. The van der Waals surface area contributed by atoms with Crippen LogP contribution in [0.2, 0.25) is 5.02 Å². The molecule has 32 heavy (non-hydrogen) atoms. The lowest BCUT2D eigenvalue weighted by atomic mass is 9.93. The second kappa shape index (κ2) is 8.43. The second-order valence-corrected chi connectivity index (χ2v) is 8.96. The van der Waals surface area contributed by atoms with Crippen LogP contribution in [0.1, 0.15) is 58.0 Å². The van der Waals surface area contributed by atoms with Gasteiger partial charge >= 0.3 is 0 Å². The van der Waals surface area contributed by atoms with Crippen LogP contribution in [0.15, 0.2) is 48.5 Å². The largest absolute Gasteiger partial charge is 0.358 e. The van der Waals surface area contributed by atoms with Crippen LogP contribution in [0.3, 0.4) is 0 Å². The molecule has 0 atom stereocenters. The molecule has 3 aromatic rings. The van der Waals surface area contributed by atoms with Gasteiger partial charge in [-0.2, -0.15) is 0 Å². The molecule has 1 aromatic heterocycles. The number of fused-ring (bicyclic) bond motifs is 2. The molecule has 2 aliphatic heterocycles. The van der Waals surface area contributed by atoms with Crippen molar-refractivity contribution in [3.05, 3.63) is 70.4 Å². The number of H-pyrrole nitrogens is 1. The molecule has 3 amide bonds. The zero-order valence-electron chi connectivity index (χ0n) is 17.6. The topological polar surface area (TPSA) is 73.5 Å². The van der Waals surface area contributed by atoms with E-state index >= 15 is 0 Å². The van der Waals surface area contributed by atoms with Crippen LogP contribution in [-0.4, -0.2) is 52.1 Å². The summed E-state index contributed by atoms with van der Waals surface area (Å²) in [6.07, 6.45) is 2.63. The number of nitrogens with zero attached hydrogens (tertiary/aromatic N) is 2. The third-order valence-electron chi connectivity index (χ3n) is 6.54. The Kier molecular flexibility index (Phi) is 5.47. The number of halogens is 1. The minimum Gasteiger partial charge on any atom is -0.358 e. The van der Waals surface area contributed by atoms with Gasteiger partial charge in [0, 0.05) is 53.6 Å². The maximum Gasteiger partial charge on any atom is 0.261 e. The van der Waals surface area contributed by atoms with Gasteiger partial charge in [0.2, 0.25) is 5.91 Å². The van der Waals surface area contributed by atoms with E-state index in [1.165, 1.54) is 10.6 Å². The van der Waals surface area contributed by atoms with Gasteiger partial charge < -0.3 is 9.88 Å². The number of imide groups is 1. The first-order valence-corrected chi connectivity index (χ1v) is 11.4. The number of likely N-dealkylation sites (tertiary alicyclic amines) is 1. The molecular formula is C25H24ClN3O3. The molecule has 3 heterocycles. The Morgan fingerprint density at radius 1 is 1.00 bits per heavy atom. The number of nitrogens with one attached hydrogen (secondary N) is 1. The van der Waals surface area contributed by atoms with Gasteiger partial charge in [-0.05, 0) is 55.7 Å². The number of benzene rings is 2. The van der Waals surface area contributed by atoms with Gasteiger partial charge in [0.25, 0.3) is 11.8 Å². The van der Waals surface area contributed by atoms with Crippen molar-refractivity contribution in [2.24, 2.45) is 0 Å². The zero-order valence-corrected chi connectivity index (χ0v) is 18.4. The van der Waals surface area contributed by atoms with Crippen molar-refractivity contribution in [1.29, 1.82) is 0 Å². The summed E-state index contributed by atoms with van der Waals surface area (Å²) in [5.74, 6) is -0.0518. The first kappa shape index (κ1) is 20.8. The molecule has 2 aliphatic rings. The summed E-state index contributed by atoms with van der Waals surface area (Å²) in [5.41, 5.74) is 3.17. The third-order valence-corrected chi connectivity index (χ3v) is 6.78. The van der Waals surface area contributed by atoms with Crippen molar-refractivity contribution in [3.8, 4) is 0 Å². The van der Waals surface area contributed by atoms with Gasteiger partial charge in [-0.3, -0.25) is 19.3 Å². The quantitative estimate of drug-likeness (QED) is 0.578. The first-order valence-electron chi connectivity index (χ1n) is 11.0. The van der Waals surface area contributed by atoms with E-state index in [1.54, 1.807) is 24.3 Å². The molecule has 5 rings (SSSR count). The fourth-order valence-electron chi connectivity index (χ4n) is 4.77. The van der Waals surface area contributed by atoms with E-state index in [-0.39, 0.29) is 24.3 Å². The highest BCUT2D eigenvalue weighted by atomic mass is 35.5. The number of hydrogen-bond donors (Lipinski definition) is 1. The number of aromatic nitrogens is 1. The average Bonchev–Trinajstić information content (AvgIpc) is 3.33. The SMILES string of the molecule is O=C(CCCN1C(=O)c2ccccc2C1=O)N1CCC(c2cc3cc(Cl)ccc3[nH]2)CC1. The fourth-order valence-corrected chi connectivity index (χ4v) is 4.96. The van der Waals surface area contributed by atoms with Gasteiger partial charge in [0.05, 0.1) is 11.1 Å². The highest BCUT2D eigenvalue weighted by Crippen LogP contribution is 2.31. The Morgan fingerprint density at radius 2 is 1.69 bits per heavy atom. The molecule has 0 unspecified atom stereocenters. The Hall–Kier alpha value is -3.12. The van der Waals surface area contributed by atoms with Crippen molar-refractivity contribution in [2.45, 2.75) is 31.6 Å². The number of piperidine rings is 1. The maximum atomic E-state index is 12.7. The van der Waals surface area contributed by atoms with Crippen molar-refractivity contribution in [3.63, 3.8) is 0 Å². The summed E-state index contributed by atoms with van der Waals surface area (Å²) in [7, 11) is 0. The van der Waals surface area contributed by atoms with Crippen molar-refractivity contribution in [2.75, 3.05) is 19.6 Å². The number of carbonyl (C=O) groups excluding carboxylic acids is 3. The summed E-state index contributed by atoms with van der Waals surface area (Å²) in [6.45, 7) is 1.70. The predicted molar refractivity (Wildman–Crippen MR) is 123 cm³/mol. The highest BCUT2D eigenvalue weighted by molar-refractivity contribution is 6.31. The molecule has 0 radical (unpaired) electrons. The molecule has 0 spiro atoms. The normalized spacial score (nSPS) is 16.8. The third kappa shape index (κ3) is 3.79. The van der Waals surface area contributed by atoms with Crippen LogP contribution >= 0.6 is 11.6 Å². The molecule has 1 fully saturated rings. The van der Waals surface area contributed by atoms with Gasteiger partial charge in [-0.15, -0.1) is 0 Å². The van der Waals surface area contributed by atoms with E-state index in [1.807, 2.05) is 23.1 Å². The molecule has 0 bridgehead atoms. The van der Waals surface area contributed by atoms with Gasteiger partial charge in [0.1, 0.15) is 0 Å². The summed E-state index contributed by atoms with van der Waals surface area (Å²) < 4.78 is 0. The van der Waals surface area contributed by atoms with Crippen LogP contribution in [0.5, 0.6) is 0 Å². The lowest BCUT2D eigenvalue weighted by Crippen LogP contribution is -2.38. The second-order valence-electron chi connectivity index (χ2n) is 8.52. The summed E-state index contributed by atoms with van der Waals surface area (Å²) in [6, 6.07) is 14.9. The Morgan fingerprint density at radius 3 is 2.38 bits per heavy atom. The number of aromatic amines is 1. The molecular weight excluding hydrogens is 426 g/mol. The summed E-state index contributed by atoms with van der Waals surface area (Å²) in [4.78, 5) is 44.2. The van der Waals surface area contributed by atoms with E-state index in [0.717, 1.165) is 28.8 Å². The zero-order chi connectivity index (χ0) is 22.2. The molecule has 6 nitrogen and oxygen atoms in total. The van der Waals surface area contributed by atoms with Crippen LogP contribution < -0.4 is 0 Å². The molecule has 164 valence electrons. The number of rotatable bonds is 5. The van der Waals surface area contributed by atoms with Gasteiger partial charge in [0.15, 0.2) is 0 Å². The Bertz CT molecular complexity index is 1180. The fraction of sp³-hybridized carbons (Fsp3) is 0.320. The van der Waals surface area contributed by atoms with E-state index in [9.17, 15) is 14.4 Å². The van der Waals surface area contributed by atoms with E-state index in [0.29, 0.717) is 43.0 Å². The van der Waals surface area contributed by atoms with E-state index in [4.69, 9.17) is 11.6 Å². The molecule has 2 aromatic carbocycles. The summed E-state index contributed by atoms with van der Waals surface area (Å²) >= 11 is 6.09. The summed E-state index contributed by atoms with van der Waals surface area (Å²) in [5, 5.41) is 1.84. The van der Waals surface area contributed by atoms with Gasteiger partial charge in [-0.1, -0.05) is 23.7 Å². The molecule has 0 aliphatic carbocycles. The number of hydrogen-bond acceptors (Lipinski definition) is 3. The van der Waals surface area contributed by atoms with Crippen molar-refractivity contribution >= 4 is 40.2 Å². The monoisotopic (exact) mass is 449 g/mol. The minimum atomic E-state index is -0.265. The Balaban J connectivity index is 1.12. The maximum absolute atomic E-state index is 12.7. The van der Waals surface area contributed by atoms with Crippen molar-refractivity contribution in [1.82, 2.24) is 14.8 Å². The average molecular weight is 450 g/mol. The smallest absolute Gasteiger partial charge is 0.261 e. The lowest BCUT2D eigenvalue weighted by molar-refractivity contribution is -0.132. The van der Waals surface area contributed by atoms with Crippen LogP contribution in [-0.2, 0) is 4.79 Å².